The Morgan fingerprint density at radius 3 is 2.71 bits per heavy atom. The molecule has 1 fully saturated rings. The van der Waals surface area contributed by atoms with Crippen LogP contribution in [0.2, 0.25) is 4.34 Å². The molecule has 0 atom stereocenters. The standard InChI is InChI=1S/C11H16ClN3O4S2/c1-2-14(8-3-4-8)6-5-13-21(18,19)10-7-9(15(16)17)11(12)20-10/h7-8,13H,2-6H2,1H3. The minimum atomic E-state index is -3.75. The molecule has 21 heavy (non-hydrogen) atoms. The van der Waals surface area contributed by atoms with E-state index in [4.69, 9.17) is 11.6 Å². The van der Waals surface area contributed by atoms with Gasteiger partial charge in [0, 0.05) is 25.2 Å². The van der Waals surface area contributed by atoms with Crippen LogP contribution >= 0.6 is 22.9 Å². The number of thiophene rings is 1. The van der Waals surface area contributed by atoms with Gasteiger partial charge in [0.1, 0.15) is 4.21 Å². The first-order chi connectivity index (χ1) is 9.85. The minimum absolute atomic E-state index is 0.131. The zero-order valence-corrected chi connectivity index (χ0v) is 13.8. The number of rotatable bonds is 8. The topological polar surface area (TPSA) is 92.6 Å². The number of halogens is 1. The SMILES string of the molecule is CCN(CCNS(=O)(=O)c1cc([N+](=O)[O-])c(Cl)s1)C1CC1. The molecule has 0 aliphatic heterocycles. The van der Waals surface area contributed by atoms with Crippen molar-refractivity contribution in [2.24, 2.45) is 0 Å². The lowest BCUT2D eigenvalue weighted by Crippen LogP contribution is -2.35. The molecule has 1 heterocycles. The van der Waals surface area contributed by atoms with Gasteiger partial charge in [0.2, 0.25) is 10.0 Å². The molecule has 1 aliphatic carbocycles. The zero-order chi connectivity index (χ0) is 15.6. The van der Waals surface area contributed by atoms with Crippen molar-refractivity contribution in [1.29, 1.82) is 0 Å². The molecule has 0 bridgehead atoms. The van der Waals surface area contributed by atoms with E-state index in [-0.39, 0.29) is 20.8 Å². The Morgan fingerprint density at radius 2 is 2.24 bits per heavy atom. The Labute approximate surface area is 132 Å². The van der Waals surface area contributed by atoms with Gasteiger partial charge in [0.25, 0.3) is 5.69 Å². The summed E-state index contributed by atoms with van der Waals surface area (Å²) in [5, 5.41) is 10.7. The van der Waals surface area contributed by atoms with Crippen LogP contribution in [0.25, 0.3) is 0 Å². The largest absolute Gasteiger partial charge is 0.300 e. The molecule has 0 spiro atoms. The van der Waals surface area contributed by atoms with Gasteiger partial charge in [0.05, 0.1) is 4.92 Å². The van der Waals surface area contributed by atoms with Gasteiger partial charge < -0.3 is 0 Å². The highest BCUT2D eigenvalue weighted by molar-refractivity contribution is 7.91. The molecule has 0 radical (unpaired) electrons. The van der Waals surface area contributed by atoms with Crippen LogP contribution in [0.4, 0.5) is 5.69 Å². The molecule has 1 aliphatic rings. The van der Waals surface area contributed by atoms with Crippen molar-refractivity contribution in [3.63, 3.8) is 0 Å². The third-order valence-corrected chi connectivity index (χ3v) is 6.54. The van der Waals surface area contributed by atoms with Crippen molar-refractivity contribution >= 4 is 38.6 Å². The Bertz CT molecular complexity index is 627. The number of likely N-dealkylation sites (N-methyl/N-ethyl adjacent to an activating group) is 1. The molecular weight excluding hydrogens is 338 g/mol. The van der Waals surface area contributed by atoms with E-state index in [1.54, 1.807) is 0 Å². The second kappa shape index (κ2) is 6.57. The Balaban J connectivity index is 1.98. The summed E-state index contributed by atoms with van der Waals surface area (Å²) in [7, 11) is -3.75. The molecular formula is C11H16ClN3O4S2. The normalized spacial score (nSPS) is 15.6. The van der Waals surface area contributed by atoms with Gasteiger partial charge >= 0.3 is 0 Å². The predicted octanol–water partition coefficient (Wildman–Crippen LogP) is 2.07. The van der Waals surface area contributed by atoms with Crippen LogP contribution in [0.1, 0.15) is 19.8 Å². The number of nitro groups is 1. The molecule has 0 saturated heterocycles. The van der Waals surface area contributed by atoms with Gasteiger partial charge in [-0.2, -0.15) is 0 Å². The summed E-state index contributed by atoms with van der Waals surface area (Å²) in [4.78, 5) is 12.2. The second-order valence-electron chi connectivity index (χ2n) is 4.74. The van der Waals surface area contributed by atoms with Crippen molar-refractivity contribution < 1.29 is 13.3 Å². The maximum absolute atomic E-state index is 12.1. The second-order valence-corrected chi connectivity index (χ2v) is 8.39. The summed E-state index contributed by atoms with van der Waals surface area (Å²) in [6.07, 6.45) is 2.32. The Kier molecular flexibility index (Phi) is 5.20. The van der Waals surface area contributed by atoms with E-state index in [0.29, 0.717) is 23.9 Å². The van der Waals surface area contributed by atoms with Gasteiger partial charge in [-0.1, -0.05) is 18.5 Å². The fraction of sp³-hybridized carbons (Fsp3) is 0.636. The molecule has 0 aromatic carbocycles. The molecule has 2 rings (SSSR count). The summed E-state index contributed by atoms with van der Waals surface area (Å²) in [5.74, 6) is 0. The lowest BCUT2D eigenvalue weighted by molar-refractivity contribution is -0.384. The number of nitrogens with zero attached hydrogens (tertiary/aromatic N) is 2. The molecule has 1 N–H and O–H groups in total. The third kappa shape index (κ3) is 4.13. The average molecular weight is 354 g/mol. The van der Waals surface area contributed by atoms with Gasteiger partial charge in [-0.15, -0.1) is 11.3 Å². The van der Waals surface area contributed by atoms with E-state index >= 15 is 0 Å². The highest BCUT2D eigenvalue weighted by Crippen LogP contribution is 2.36. The van der Waals surface area contributed by atoms with Crippen molar-refractivity contribution in [2.45, 2.75) is 30.0 Å². The van der Waals surface area contributed by atoms with Crippen LogP contribution in [-0.4, -0.2) is 43.9 Å². The molecule has 1 aromatic rings. The fourth-order valence-corrected chi connectivity index (χ4v) is 4.76. The van der Waals surface area contributed by atoms with Crippen LogP contribution in [-0.2, 0) is 10.0 Å². The number of hydrogen-bond acceptors (Lipinski definition) is 6. The predicted molar refractivity (Wildman–Crippen MR) is 81.4 cm³/mol. The lowest BCUT2D eigenvalue weighted by atomic mass is 10.4. The van der Waals surface area contributed by atoms with Crippen LogP contribution in [0.15, 0.2) is 10.3 Å². The summed E-state index contributed by atoms with van der Waals surface area (Å²) >= 11 is 6.37. The van der Waals surface area contributed by atoms with Gasteiger partial charge in [-0.05, 0) is 19.4 Å². The monoisotopic (exact) mass is 353 g/mol. The molecule has 0 amide bonds. The minimum Gasteiger partial charge on any atom is -0.299 e. The number of hydrogen-bond donors (Lipinski definition) is 1. The zero-order valence-electron chi connectivity index (χ0n) is 11.4. The fourth-order valence-electron chi connectivity index (χ4n) is 2.03. The summed E-state index contributed by atoms with van der Waals surface area (Å²) < 4.78 is 26.4. The van der Waals surface area contributed by atoms with Gasteiger partial charge in [0.15, 0.2) is 4.34 Å². The molecule has 7 nitrogen and oxygen atoms in total. The van der Waals surface area contributed by atoms with E-state index in [0.717, 1.165) is 25.5 Å². The summed E-state index contributed by atoms with van der Waals surface area (Å²) in [6.45, 7) is 3.81. The van der Waals surface area contributed by atoms with Crippen molar-refractivity contribution in [1.82, 2.24) is 9.62 Å². The van der Waals surface area contributed by atoms with E-state index in [9.17, 15) is 18.5 Å². The highest BCUT2D eigenvalue weighted by atomic mass is 35.5. The third-order valence-electron chi connectivity index (χ3n) is 3.27. The Morgan fingerprint density at radius 1 is 1.57 bits per heavy atom. The van der Waals surface area contributed by atoms with Crippen LogP contribution in [0.5, 0.6) is 0 Å². The van der Waals surface area contributed by atoms with Crippen LogP contribution in [0, 0.1) is 10.1 Å². The first kappa shape index (κ1) is 16.6. The van der Waals surface area contributed by atoms with E-state index in [1.165, 1.54) is 0 Å². The molecule has 0 unspecified atom stereocenters. The molecule has 1 saturated carbocycles. The Hall–Kier alpha value is -0.740. The molecule has 1 aromatic heterocycles. The van der Waals surface area contributed by atoms with Gasteiger partial charge in [-0.25, -0.2) is 13.1 Å². The first-order valence-electron chi connectivity index (χ1n) is 6.52. The quantitative estimate of drug-likeness (QED) is 0.570. The summed E-state index contributed by atoms with van der Waals surface area (Å²) in [6, 6.07) is 1.56. The van der Waals surface area contributed by atoms with E-state index in [1.807, 2.05) is 6.92 Å². The van der Waals surface area contributed by atoms with Crippen LogP contribution < -0.4 is 4.72 Å². The van der Waals surface area contributed by atoms with Crippen molar-refractivity contribution in [2.75, 3.05) is 19.6 Å². The number of nitrogens with one attached hydrogen (secondary N) is 1. The molecule has 118 valence electrons. The van der Waals surface area contributed by atoms with Gasteiger partial charge in [-0.3, -0.25) is 15.0 Å². The lowest BCUT2D eigenvalue weighted by Gasteiger charge is -2.19. The van der Waals surface area contributed by atoms with Crippen molar-refractivity contribution in [3.8, 4) is 0 Å². The maximum atomic E-state index is 12.1. The van der Waals surface area contributed by atoms with E-state index in [2.05, 4.69) is 9.62 Å². The van der Waals surface area contributed by atoms with E-state index < -0.39 is 14.9 Å². The van der Waals surface area contributed by atoms with Crippen LogP contribution in [0.3, 0.4) is 0 Å². The number of sulfonamides is 1. The average Bonchev–Trinajstić information content (AvgIpc) is 3.16. The highest BCUT2D eigenvalue weighted by Gasteiger charge is 2.28. The summed E-state index contributed by atoms with van der Waals surface area (Å²) in [5.41, 5.74) is -0.379. The first-order valence-corrected chi connectivity index (χ1v) is 9.20. The molecule has 10 heteroatoms. The maximum Gasteiger partial charge on any atom is 0.300 e. The smallest absolute Gasteiger partial charge is 0.299 e. The van der Waals surface area contributed by atoms with Crippen molar-refractivity contribution in [3.05, 3.63) is 20.5 Å².